The van der Waals surface area contributed by atoms with Crippen LogP contribution in [0.5, 0.6) is 5.75 Å². The second kappa shape index (κ2) is 8.67. The van der Waals surface area contributed by atoms with Crippen molar-refractivity contribution in [3.05, 3.63) is 28.8 Å². The lowest BCUT2D eigenvalue weighted by molar-refractivity contribution is -0.175. The summed E-state index contributed by atoms with van der Waals surface area (Å²) in [5.41, 5.74) is 4.02. The molecule has 4 rings (SSSR count). The lowest BCUT2D eigenvalue weighted by Gasteiger charge is -2.48. The summed E-state index contributed by atoms with van der Waals surface area (Å²) in [5, 5.41) is 25.9. The van der Waals surface area contributed by atoms with Crippen molar-refractivity contribution < 1.29 is 39.0 Å². The number of benzene rings is 1. The third-order valence-corrected chi connectivity index (χ3v) is 7.28. The van der Waals surface area contributed by atoms with Gasteiger partial charge in [-0.05, 0) is 49.3 Å². The number of nitrogens with zero attached hydrogens (tertiary/aromatic N) is 1. The topological polar surface area (TPSA) is 173 Å². The Bertz CT molecular complexity index is 1190. The molecule has 1 aromatic rings. The van der Waals surface area contributed by atoms with Crippen LogP contribution in [0.3, 0.4) is 0 Å². The van der Waals surface area contributed by atoms with E-state index in [9.17, 15) is 34.2 Å². The Kier molecular flexibility index (Phi) is 6.12. The number of aliphatic hydroxyl groups is 1. The van der Waals surface area contributed by atoms with Crippen molar-refractivity contribution in [2.24, 2.45) is 40.5 Å². The standard InChI is InChI=1S/C25H28N2O8/c1-10(2)9-35-27-11(3)14-4-5-16(28)19-15(14)7-12-6-13-8-17(29)20(24(26)33)23(32)25(13,34)22(31)18(12)21(19)30/h4-5,10,12-13,18,20,28,34H,6-9H2,1-3H3,(H2,26,33)/t12-,13+,18?,20?,25+/m1/s1. The summed E-state index contributed by atoms with van der Waals surface area (Å²) in [4.78, 5) is 69.5. The first-order chi connectivity index (χ1) is 16.4. The molecule has 2 saturated carbocycles. The van der Waals surface area contributed by atoms with Gasteiger partial charge in [0.05, 0.1) is 17.2 Å². The predicted molar refractivity (Wildman–Crippen MR) is 122 cm³/mol. The second-order valence-electron chi connectivity index (χ2n) is 10.1. The highest BCUT2D eigenvalue weighted by atomic mass is 16.6. The third kappa shape index (κ3) is 3.76. The summed E-state index contributed by atoms with van der Waals surface area (Å²) in [6.07, 6.45) is -0.148. The number of phenolic OH excluding ortho intramolecular Hbond substituents is 1. The average molecular weight is 485 g/mol. The van der Waals surface area contributed by atoms with E-state index in [0.29, 0.717) is 23.4 Å². The molecule has 0 aromatic heterocycles. The zero-order valence-corrected chi connectivity index (χ0v) is 19.7. The largest absolute Gasteiger partial charge is 0.507 e. The van der Waals surface area contributed by atoms with E-state index in [2.05, 4.69) is 5.16 Å². The third-order valence-electron chi connectivity index (χ3n) is 7.28. The summed E-state index contributed by atoms with van der Waals surface area (Å²) in [6, 6.07) is 2.94. The maximum Gasteiger partial charge on any atom is 0.235 e. The zero-order valence-electron chi connectivity index (χ0n) is 19.7. The molecule has 35 heavy (non-hydrogen) atoms. The molecule has 0 heterocycles. The van der Waals surface area contributed by atoms with Gasteiger partial charge in [-0.1, -0.05) is 19.0 Å². The van der Waals surface area contributed by atoms with Crippen molar-refractivity contribution >= 4 is 34.8 Å². The van der Waals surface area contributed by atoms with Crippen molar-refractivity contribution in [2.45, 2.75) is 45.6 Å². The van der Waals surface area contributed by atoms with Crippen LogP contribution in [0.2, 0.25) is 0 Å². The van der Waals surface area contributed by atoms with E-state index < -0.39 is 58.3 Å². The molecule has 0 saturated heterocycles. The van der Waals surface area contributed by atoms with Crippen LogP contribution in [0, 0.1) is 29.6 Å². The summed E-state index contributed by atoms with van der Waals surface area (Å²) >= 11 is 0. The first kappa shape index (κ1) is 24.7. The molecule has 4 N–H and O–H groups in total. The summed E-state index contributed by atoms with van der Waals surface area (Å²) in [6.45, 7) is 6.04. The first-order valence-electron chi connectivity index (χ1n) is 11.6. The predicted octanol–water partition coefficient (Wildman–Crippen LogP) is 0.723. The Morgan fingerprint density at radius 1 is 1.20 bits per heavy atom. The Morgan fingerprint density at radius 2 is 1.89 bits per heavy atom. The molecule has 10 nitrogen and oxygen atoms in total. The van der Waals surface area contributed by atoms with Gasteiger partial charge in [0, 0.05) is 17.9 Å². The summed E-state index contributed by atoms with van der Waals surface area (Å²) < 4.78 is 0. The minimum Gasteiger partial charge on any atom is -0.507 e. The molecular weight excluding hydrogens is 456 g/mol. The minimum absolute atomic E-state index is 0.0379. The van der Waals surface area contributed by atoms with Crippen LogP contribution < -0.4 is 5.73 Å². The molecule has 0 radical (unpaired) electrons. The fraction of sp³-hybridized carbons (Fsp3) is 0.520. The van der Waals surface area contributed by atoms with E-state index in [1.54, 1.807) is 13.0 Å². The van der Waals surface area contributed by atoms with Crippen molar-refractivity contribution in [1.29, 1.82) is 0 Å². The van der Waals surface area contributed by atoms with Crippen LogP contribution in [0.15, 0.2) is 17.3 Å². The van der Waals surface area contributed by atoms with Crippen LogP contribution in [-0.2, 0) is 30.4 Å². The number of carbonyl (C=O) groups is 5. The van der Waals surface area contributed by atoms with Gasteiger partial charge >= 0.3 is 0 Å². The van der Waals surface area contributed by atoms with Gasteiger partial charge < -0.3 is 20.8 Å². The van der Waals surface area contributed by atoms with Crippen molar-refractivity contribution in [1.82, 2.24) is 0 Å². The Labute approximate surface area is 201 Å². The SMILES string of the molecule is CC(=NOCC(C)C)c1ccc(O)c2c1C[C@H]1C[C@H]3CC(=O)C(C(N)=O)C(=O)[C@@]3(O)C(=O)C1C2=O. The Balaban J connectivity index is 1.75. The van der Waals surface area contributed by atoms with E-state index >= 15 is 0 Å². The van der Waals surface area contributed by atoms with Crippen LogP contribution in [-0.4, -0.2) is 57.2 Å². The van der Waals surface area contributed by atoms with E-state index in [1.807, 2.05) is 13.8 Å². The highest BCUT2D eigenvalue weighted by molar-refractivity contribution is 6.31. The number of primary amides is 1. The highest BCUT2D eigenvalue weighted by Gasteiger charge is 2.66. The normalized spacial score (nSPS) is 30.6. The van der Waals surface area contributed by atoms with Crippen molar-refractivity contribution in [2.75, 3.05) is 6.61 Å². The highest BCUT2D eigenvalue weighted by Crippen LogP contribution is 2.50. The summed E-state index contributed by atoms with van der Waals surface area (Å²) in [7, 11) is 0. The smallest absolute Gasteiger partial charge is 0.235 e. The zero-order chi connectivity index (χ0) is 25.8. The number of hydrogen-bond acceptors (Lipinski definition) is 9. The number of hydrogen-bond donors (Lipinski definition) is 3. The lowest BCUT2D eigenvalue weighted by atomic mass is 9.53. The van der Waals surface area contributed by atoms with Gasteiger partial charge in [0.2, 0.25) is 5.91 Å². The molecular formula is C25H28N2O8. The van der Waals surface area contributed by atoms with Crippen LogP contribution in [0.4, 0.5) is 0 Å². The van der Waals surface area contributed by atoms with Gasteiger partial charge in [-0.25, -0.2) is 0 Å². The van der Waals surface area contributed by atoms with E-state index in [1.165, 1.54) is 6.07 Å². The molecule has 3 aliphatic carbocycles. The first-order valence-corrected chi connectivity index (χ1v) is 11.6. The molecule has 2 unspecified atom stereocenters. The van der Waals surface area contributed by atoms with Gasteiger partial charge in [0.25, 0.3) is 0 Å². The van der Waals surface area contributed by atoms with Gasteiger partial charge in [0.1, 0.15) is 12.4 Å². The molecule has 5 atom stereocenters. The summed E-state index contributed by atoms with van der Waals surface area (Å²) in [5.74, 6) is -10.1. The number of oxime groups is 1. The molecule has 1 amide bonds. The number of aromatic hydroxyl groups is 1. The van der Waals surface area contributed by atoms with Gasteiger partial charge in [-0.15, -0.1) is 0 Å². The van der Waals surface area contributed by atoms with Crippen molar-refractivity contribution in [3.63, 3.8) is 0 Å². The molecule has 0 bridgehead atoms. The molecule has 1 aromatic carbocycles. The fourth-order valence-electron chi connectivity index (χ4n) is 5.64. The van der Waals surface area contributed by atoms with Gasteiger partial charge in [0.15, 0.2) is 34.7 Å². The van der Waals surface area contributed by atoms with Crippen LogP contribution in [0.1, 0.15) is 55.1 Å². The van der Waals surface area contributed by atoms with Crippen LogP contribution >= 0.6 is 0 Å². The molecule has 0 spiro atoms. The number of carbonyl (C=O) groups excluding carboxylic acids is 5. The number of amides is 1. The number of phenols is 1. The van der Waals surface area contributed by atoms with Gasteiger partial charge in [-0.2, -0.15) is 0 Å². The maximum absolute atomic E-state index is 13.5. The molecule has 3 aliphatic rings. The van der Waals surface area contributed by atoms with E-state index in [-0.39, 0.29) is 36.5 Å². The van der Waals surface area contributed by atoms with Crippen molar-refractivity contribution in [3.8, 4) is 5.75 Å². The number of nitrogens with two attached hydrogens (primary N) is 1. The quantitative estimate of drug-likeness (QED) is 0.311. The molecule has 2 fully saturated rings. The molecule has 10 heteroatoms. The molecule has 186 valence electrons. The second-order valence-corrected chi connectivity index (χ2v) is 10.1. The average Bonchev–Trinajstić information content (AvgIpc) is 2.75. The number of ketones is 4. The Hall–Kier alpha value is -3.40. The maximum atomic E-state index is 13.5. The number of Topliss-reactive ketones (excluding diaryl/α,β-unsaturated/α-hetero) is 4. The minimum atomic E-state index is -2.66. The van der Waals surface area contributed by atoms with Crippen LogP contribution in [0.25, 0.3) is 0 Å². The van der Waals surface area contributed by atoms with Gasteiger partial charge in [-0.3, -0.25) is 24.0 Å². The Morgan fingerprint density at radius 3 is 2.51 bits per heavy atom. The lowest BCUT2D eigenvalue weighted by Crippen LogP contribution is -2.68. The van der Waals surface area contributed by atoms with E-state index in [4.69, 9.17) is 10.6 Å². The molecule has 0 aliphatic heterocycles. The fourth-order valence-corrected chi connectivity index (χ4v) is 5.64. The number of fused-ring (bicyclic) bond motifs is 3. The monoisotopic (exact) mass is 484 g/mol. The number of rotatable bonds is 5. The van der Waals surface area contributed by atoms with E-state index in [0.717, 1.165) is 0 Å².